The maximum absolute atomic E-state index is 14.6. The number of para-hydroxylation sites is 2. The van der Waals surface area contributed by atoms with Gasteiger partial charge in [-0.05, 0) is 74.5 Å². The van der Waals surface area contributed by atoms with E-state index in [1.165, 1.54) is 20.7 Å². The van der Waals surface area contributed by atoms with E-state index in [1.54, 1.807) is 114 Å². The van der Waals surface area contributed by atoms with Crippen LogP contribution in [-0.4, -0.2) is 16.8 Å². The van der Waals surface area contributed by atoms with Crippen molar-refractivity contribution in [3.63, 3.8) is 0 Å². The predicted molar refractivity (Wildman–Crippen MR) is 169 cm³/mol. The maximum atomic E-state index is 14.6. The molecule has 222 valence electrons. The minimum atomic E-state index is -4.20. The number of hydrogen-bond acceptors (Lipinski definition) is 5. The third-order valence-corrected chi connectivity index (χ3v) is 11.7. The summed E-state index contributed by atoms with van der Waals surface area (Å²) in [6, 6.07) is 32.8. The highest BCUT2D eigenvalue weighted by Crippen LogP contribution is 2.57. The van der Waals surface area contributed by atoms with Crippen molar-refractivity contribution in [3.05, 3.63) is 149 Å². The molecule has 7 rings (SSSR count). The predicted octanol–water partition coefficient (Wildman–Crippen LogP) is 7.06. The van der Waals surface area contributed by atoms with E-state index in [0.29, 0.717) is 28.2 Å². The zero-order valence-electron chi connectivity index (χ0n) is 23.9. The van der Waals surface area contributed by atoms with Crippen LogP contribution >= 0.6 is 0 Å². The first-order valence-electron chi connectivity index (χ1n) is 14.0. The van der Waals surface area contributed by atoms with Crippen molar-refractivity contribution in [3.8, 4) is 0 Å². The Balaban J connectivity index is 1.57. The molecular weight excluding hydrogens is 598 g/mol. The van der Waals surface area contributed by atoms with Crippen LogP contribution in [0.2, 0.25) is 0 Å². The normalized spacial score (nSPS) is 17.7. The molecule has 2 aliphatic heterocycles. The average Bonchev–Trinajstić information content (AvgIpc) is 3.01. The fraction of sp³-hybridized carbons (Fsp3) is 0.118. The van der Waals surface area contributed by atoms with Crippen LogP contribution in [0.15, 0.2) is 131 Å². The summed E-state index contributed by atoms with van der Waals surface area (Å²) in [7, 11) is -8.39. The van der Waals surface area contributed by atoms with E-state index in [2.05, 4.69) is 0 Å². The second kappa shape index (κ2) is 10.2. The van der Waals surface area contributed by atoms with Gasteiger partial charge in [-0.1, -0.05) is 71.8 Å². The summed E-state index contributed by atoms with van der Waals surface area (Å²) in [5, 5.41) is 0. The number of rotatable bonds is 5. The minimum Gasteiger partial charge on any atom is -0.320 e. The van der Waals surface area contributed by atoms with Crippen molar-refractivity contribution >= 4 is 37.1 Å². The Labute approximate surface area is 256 Å². The van der Waals surface area contributed by atoms with E-state index in [1.807, 2.05) is 13.8 Å². The second-order valence-electron chi connectivity index (χ2n) is 11.0. The quantitative estimate of drug-likeness (QED) is 0.209. The third-order valence-electron chi connectivity index (χ3n) is 8.16. The first kappa shape index (κ1) is 28.1. The van der Waals surface area contributed by atoms with Gasteiger partial charge in [-0.2, -0.15) is 0 Å². The fourth-order valence-corrected chi connectivity index (χ4v) is 9.27. The molecule has 0 unspecified atom stereocenters. The van der Waals surface area contributed by atoms with E-state index in [0.717, 1.165) is 11.1 Å². The second-order valence-corrected chi connectivity index (χ2v) is 14.6. The van der Waals surface area contributed by atoms with Crippen molar-refractivity contribution in [2.45, 2.75) is 36.0 Å². The summed E-state index contributed by atoms with van der Waals surface area (Å²) in [5.74, 6) is -0.468. The van der Waals surface area contributed by atoms with Gasteiger partial charge in [0.2, 0.25) is 0 Å². The molecule has 0 radical (unpaired) electrons. The summed E-state index contributed by atoms with van der Waals surface area (Å²) in [6.45, 7) is 3.77. The smallest absolute Gasteiger partial charge is 0.266 e. The first-order valence-corrected chi connectivity index (χ1v) is 16.9. The molecule has 2 bridgehead atoms. The van der Waals surface area contributed by atoms with Crippen molar-refractivity contribution in [1.82, 2.24) is 0 Å². The van der Waals surface area contributed by atoms with E-state index in [-0.39, 0.29) is 9.79 Å². The minimum absolute atomic E-state index is 0.0996. The summed E-state index contributed by atoms with van der Waals surface area (Å²) in [4.78, 5) is 1.95. The molecule has 0 saturated heterocycles. The Morgan fingerprint density at radius 1 is 0.523 bits per heavy atom. The monoisotopic (exact) mass is 625 g/mol. The van der Waals surface area contributed by atoms with Gasteiger partial charge in [0, 0.05) is 16.8 Å². The van der Waals surface area contributed by atoms with Crippen molar-refractivity contribution in [1.29, 1.82) is 0 Å². The molecule has 2 heterocycles. The van der Waals surface area contributed by atoms with Gasteiger partial charge in [-0.15, -0.1) is 0 Å². The number of halogens is 1. The van der Waals surface area contributed by atoms with E-state index in [4.69, 9.17) is 0 Å². The molecule has 0 saturated carbocycles. The van der Waals surface area contributed by atoms with Gasteiger partial charge in [0.25, 0.3) is 20.0 Å². The fourth-order valence-electron chi connectivity index (χ4n) is 6.05. The summed E-state index contributed by atoms with van der Waals surface area (Å²) in [6.07, 6.45) is -1.99. The van der Waals surface area contributed by atoms with Gasteiger partial charge in [0.05, 0.1) is 21.2 Å². The third kappa shape index (κ3) is 4.28. The summed E-state index contributed by atoms with van der Waals surface area (Å²) in [5.41, 5.74) is 3.94. The molecule has 5 aromatic carbocycles. The van der Waals surface area contributed by atoms with Gasteiger partial charge >= 0.3 is 0 Å². The highest BCUT2D eigenvalue weighted by molar-refractivity contribution is 7.93. The molecule has 0 N–H and O–H groups in total. The van der Waals surface area contributed by atoms with Crippen LogP contribution in [0.4, 0.5) is 21.5 Å². The van der Waals surface area contributed by atoms with Gasteiger partial charge in [-0.3, -0.25) is 0 Å². The molecule has 0 fully saturated rings. The standard InChI is InChI=1S/C34H28FN3O4S2/c1-23-11-19-27(20-12-23)43(39,40)37-31-9-5-3-7-29(31)34-36(26-17-15-25(35)16-18-26)33(37)30-8-4-6-10-32(30)38(34)44(41,42)28-21-13-24(2)14-22-28/h3-22,33-34H,1-2H3/t33-,34-/m0/s1. The molecule has 2 aliphatic rings. The average molecular weight is 626 g/mol. The Morgan fingerprint density at radius 2 is 0.909 bits per heavy atom. The number of sulfonamides is 2. The van der Waals surface area contributed by atoms with Crippen LogP contribution in [0.5, 0.6) is 0 Å². The summed E-state index contributed by atoms with van der Waals surface area (Å²) < 4.78 is 75.5. The molecule has 0 spiro atoms. The Kier molecular flexibility index (Phi) is 6.53. The highest BCUT2D eigenvalue weighted by Gasteiger charge is 2.54. The lowest BCUT2D eigenvalue weighted by molar-refractivity contribution is 0.482. The molecular formula is C34H28FN3O4S2. The van der Waals surface area contributed by atoms with Gasteiger partial charge < -0.3 is 4.90 Å². The highest BCUT2D eigenvalue weighted by atomic mass is 32.2. The molecule has 10 heteroatoms. The largest absolute Gasteiger partial charge is 0.320 e. The van der Waals surface area contributed by atoms with Crippen LogP contribution in [0.3, 0.4) is 0 Å². The van der Waals surface area contributed by atoms with Gasteiger partial charge in [-0.25, -0.2) is 29.8 Å². The van der Waals surface area contributed by atoms with Crippen LogP contribution < -0.4 is 13.5 Å². The first-order chi connectivity index (χ1) is 21.1. The lowest BCUT2D eigenvalue weighted by Crippen LogP contribution is -2.59. The molecule has 44 heavy (non-hydrogen) atoms. The zero-order valence-corrected chi connectivity index (χ0v) is 25.5. The van der Waals surface area contributed by atoms with E-state index in [9.17, 15) is 21.2 Å². The number of nitrogens with zero attached hydrogens (tertiary/aromatic N) is 3. The number of anilines is 3. The number of benzene rings is 5. The van der Waals surface area contributed by atoms with E-state index >= 15 is 0 Å². The molecule has 7 nitrogen and oxygen atoms in total. The van der Waals surface area contributed by atoms with Crippen molar-refractivity contribution < 1.29 is 21.2 Å². The van der Waals surface area contributed by atoms with Gasteiger partial charge in [0.1, 0.15) is 18.1 Å². The molecule has 0 aliphatic carbocycles. The van der Waals surface area contributed by atoms with Crippen LogP contribution in [0, 0.1) is 19.7 Å². The number of hydrogen-bond donors (Lipinski definition) is 0. The van der Waals surface area contributed by atoms with Gasteiger partial charge in [0.15, 0.2) is 0 Å². The maximum Gasteiger partial charge on any atom is 0.266 e. The number of aryl methyl sites for hydroxylation is 2. The van der Waals surface area contributed by atoms with Crippen molar-refractivity contribution in [2.24, 2.45) is 0 Å². The SMILES string of the molecule is Cc1ccc(S(=O)(=O)N2c3ccccc3[C@H]3N(c4ccc(F)cc4)[C@@H]2c2ccccc2N3S(=O)(=O)c2ccc(C)cc2)cc1. The zero-order chi connectivity index (χ0) is 30.8. The van der Waals surface area contributed by atoms with Crippen LogP contribution in [-0.2, 0) is 20.0 Å². The van der Waals surface area contributed by atoms with E-state index < -0.39 is 38.2 Å². The molecule has 0 amide bonds. The molecule has 2 atom stereocenters. The van der Waals surface area contributed by atoms with Crippen LogP contribution in [0.1, 0.15) is 34.6 Å². The lowest BCUT2D eigenvalue weighted by atomic mass is 9.95. The molecule has 0 aromatic heterocycles. The molecule has 5 aromatic rings. The Bertz CT molecular complexity index is 1970. The Morgan fingerprint density at radius 3 is 1.32 bits per heavy atom. The summed E-state index contributed by atoms with van der Waals surface area (Å²) >= 11 is 0. The van der Waals surface area contributed by atoms with Crippen LogP contribution in [0.25, 0.3) is 0 Å². The van der Waals surface area contributed by atoms with Crippen molar-refractivity contribution in [2.75, 3.05) is 13.5 Å². The Hall–Kier alpha value is -4.67. The number of fused-ring (bicyclic) bond motifs is 6. The topological polar surface area (TPSA) is 78.0 Å². The lowest BCUT2D eigenvalue weighted by Gasteiger charge is -2.56.